The molecule has 4 rings (SSSR count). The van der Waals surface area contributed by atoms with Gasteiger partial charge in [0.2, 0.25) is 5.91 Å². The van der Waals surface area contributed by atoms with Crippen LogP contribution >= 0.6 is 0 Å². The zero-order valence-corrected chi connectivity index (χ0v) is 15.4. The van der Waals surface area contributed by atoms with Gasteiger partial charge >= 0.3 is 0 Å². The number of likely N-dealkylation sites (tertiary alicyclic amines) is 1. The molecular formula is C19H25N5O2. The van der Waals surface area contributed by atoms with E-state index >= 15 is 0 Å². The number of hydrogen-bond donors (Lipinski definition) is 0. The van der Waals surface area contributed by atoms with Crippen molar-refractivity contribution in [3.05, 3.63) is 45.4 Å². The summed E-state index contributed by atoms with van der Waals surface area (Å²) >= 11 is 0. The van der Waals surface area contributed by atoms with E-state index < -0.39 is 0 Å². The Morgan fingerprint density at radius 1 is 1.23 bits per heavy atom. The third kappa shape index (κ3) is 3.18. The maximum absolute atomic E-state index is 12.8. The lowest BCUT2D eigenvalue weighted by Crippen LogP contribution is -2.42. The largest absolute Gasteiger partial charge is 0.340 e. The summed E-state index contributed by atoms with van der Waals surface area (Å²) in [6, 6.07) is 3.66. The first-order valence-corrected chi connectivity index (χ1v) is 9.41. The molecule has 0 bridgehead atoms. The lowest BCUT2D eigenvalue weighted by atomic mass is 9.94. The molecule has 7 nitrogen and oxygen atoms in total. The number of fused-ring (bicyclic) bond motifs is 1. The minimum Gasteiger partial charge on any atom is -0.340 e. The first-order chi connectivity index (χ1) is 12.5. The molecule has 2 aliphatic heterocycles. The number of amides is 1. The van der Waals surface area contributed by atoms with Gasteiger partial charge in [-0.15, -0.1) is 0 Å². The van der Waals surface area contributed by atoms with Gasteiger partial charge in [0.25, 0.3) is 5.56 Å². The highest BCUT2D eigenvalue weighted by molar-refractivity contribution is 5.76. The second-order valence-electron chi connectivity index (χ2n) is 7.45. The molecule has 0 spiro atoms. The van der Waals surface area contributed by atoms with E-state index in [0.29, 0.717) is 6.54 Å². The van der Waals surface area contributed by atoms with Crippen LogP contribution in [0, 0.1) is 13.8 Å². The zero-order valence-electron chi connectivity index (χ0n) is 15.4. The molecule has 1 amide bonds. The van der Waals surface area contributed by atoms with E-state index in [0.717, 1.165) is 61.7 Å². The number of carbonyl (C=O) groups excluding carboxylic acids is 1. The molecule has 0 N–H and O–H groups in total. The van der Waals surface area contributed by atoms with Gasteiger partial charge in [0.15, 0.2) is 0 Å². The van der Waals surface area contributed by atoms with Gasteiger partial charge in [0.05, 0.1) is 5.69 Å². The molecule has 7 heteroatoms. The van der Waals surface area contributed by atoms with E-state index in [1.807, 2.05) is 24.8 Å². The molecule has 2 aromatic rings. The maximum Gasteiger partial charge on any atom is 0.273 e. The molecule has 1 saturated heterocycles. The van der Waals surface area contributed by atoms with Crippen LogP contribution in [0.15, 0.2) is 16.9 Å². The fraction of sp³-hybridized carbons (Fsp3) is 0.579. The number of carbonyl (C=O) groups is 1. The Kier molecular flexibility index (Phi) is 4.38. The molecule has 2 aromatic heterocycles. The van der Waals surface area contributed by atoms with Crippen LogP contribution in [0.2, 0.25) is 0 Å². The monoisotopic (exact) mass is 355 g/mol. The van der Waals surface area contributed by atoms with Crippen LogP contribution in [-0.2, 0) is 24.3 Å². The number of aryl methyl sites for hydroxylation is 3. The Bertz CT molecular complexity index is 898. The van der Waals surface area contributed by atoms with Crippen molar-refractivity contribution in [2.45, 2.75) is 58.5 Å². The van der Waals surface area contributed by atoms with Crippen LogP contribution in [-0.4, -0.2) is 43.2 Å². The summed E-state index contributed by atoms with van der Waals surface area (Å²) in [5.41, 5.74) is 2.84. The highest BCUT2D eigenvalue weighted by Crippen LogP contribution is 2.28. The highest BCUT2D eigenvalue weighted by atomic mass is 16.2. The lowest BCUT2D eigenvalue weighted by Gasteiger charge is -2.34. The SMILES string of the molecule is Cc1cc(C)n(CC(=O)N2CCC[C@H](c3cc(=O)nc4n3CCC4)C2)n1. The number of nitrogens with zero attached hydrogens (tertiary/aromatic N) is 5. The van der Waals surface area contributed by atoms with E-state index in [1.165, 1.54) is 0 Å². The Hall–Kier alpha value is -2.44. The molecule has 2 aliphatic rings. The summed E-state index contributed by atoms with van der Waals surface area (Å²) in [6.45, 7) is 6.55. The van der Waals surface area contributed by atoms with Crippen molar-refractivity contribution in [1.82, 2.24) is 24.2 Å². The highest BCUT2D eigenvalue weighted by Gasteiger charge is 2.28. The standard InChI is InChI=1S/C19H25N5O2/c1-13-9-14(2)24(21-13)12-19(26)22-7-3-5-15(11-22)16-10-18(25)20-17-6-4-8-23(16)17/h9-10,15H,3-8,11-12H2,1-2H3/t15-/m0/s1. The van der Waals surface area contributed by atoms with Crippen LogP contribution in [0.5, 0.6) is 0 Å². The molecule has 1 fully saturated rings. The zero-order chi connectivity index (χ0) is 18.3. The summed E-state index contributed by atoms with van der Waals surface area (Å²) in [5, 5.41) is 4.40. The smallest absolute Gasteiger partial charge is 0.273 e. The van der Waals surface area contributed by atoms with Crippen molar-refractivity contribution < 1.29 is 4.79 Å². The van der Waals surface area contributed by atoms with E-state index in [4.69, 9.17) is 0 Å². The van der Waals surface area contributed by atoms with Gasteiger partial charge in [-0.2, -0.15) is 10.1 Å². The third-order valence-corrected chi connectivity index (χ3v) is 5.50. The van der Waals surface area contributed by atoms with Crippen molar-refractivity contribution >= 4 is 5.91 Å². The number of hydrogen-bond acceptors (Lipinski definition) is 4. The first kappa shape index (κ1) is 17.0. The van der Waals surface area contributed by atoms with Crippen LogP contribution < -0.4 is 5.56 Å². The Morgan fingerprint density at radius 3 is 2.85 bits per heavy atom. The van der Waals surface area contributed by atoms with Crippen molar-refractivity contribution in [2.75, 3.05) is 13.1 Å². The summed E-state index contributed by atoms with van der Waals surface area (Å²) in [5.74, 6) is 1.21. The van der Waals surface area contributed by atoms with E-state index in [1.54, 1.807) is 10.7 Å². The third-order valence-electron chi connectivity index (χ3n) is 5.50. The quantitative estimate of drug-likeness (QED) is 0.834. The molecule has 0 radical (unpaired) electrons. The molecule has 0 unspecified atom stereocenters. The molecule has 26 heavy (non-hydrogen) atoms. The van der Waals surface area contributed by atoms with Gasteiger partial charge in [-0.05, 0) is 39.2 Å². The summed E-state index contributed by atoms with van der Waals surface area (Å²) in [7, 11) is 0. The second kappa shape index (κ2) is 6.70. The summed E-state index contributed by atoms with van der Waals surface area (Å²) in [4.78, 5) is 30.8. The molecule has 138 valence electrons. The van der Waals surface area contributed by atoms with Crippen LogP contribution in [0.3, 0.4) is 0 Å². The minimum absolute atomic E-state index is 0.0962. The topological polar surface area (TPSA) is 73.0 Å². The van der Waals surface area contributed by atoms with Gasteiger partial charge in [0.1, 0.15) is 12.4 Å². The summed E-state index contributed by atoms with van der Waals surface area (Å²) < 4.78 is 3.97. The Labute approximate surface area is 152 Å². The molecule has 0 aliphatic carbocycles. The second-order valence-corrected chi connectivity index (χ2v) is 7.45. The molecular weight excluding hydrogens is 330 g/mol. The predicted octanol–water partition coefficient (Wildman–Crippen LogP) is 1.41. The summed E-state index contributed by atoms with van der Waals surface area (Å²) in [6.07, 6.45) is 3.87. The maximum atomic E-state index is 12.8. The Balaban J connectivity index is 1.52. The number of piperidine rings is 1. The van der Waals surface area contributed by atoms with Gasteiger partial charge in [-0.25, -0.2) is 0 Å². The van der Waals surface area contributed by atoms with Crippen molar-refractivity contribution in [3.8, 4) is 0 Å². The average molecular weight is 355 g/mol. The van der Waals surface area contributed by atoms with E-state index in [2.05, 4.69) is 14.6 Å². The van der Waals surface area contributed by atoms with E-state index in [9.17, 15) is 9.59 Å². The number of rotatable bonds is 3. The van der Waals surface area contributed by atoms with Crippen molar-refractivity contribution in [1.29, 1.82) is 0 Å². The fourth-order valence-corrected chi connectivity index (χ4v) is 4.26. The molecule has 0 aromatic carbocycles. The normalized spacial score (nSPS) is 19.6. The van der Waals surface area contributed by atoms with E-state index in [-0.39, 0.29) is 23.9 Å². The molecule has 1 atom stereocenters. The van der Waals surface area contributed by atoms with Gasteiger partial charge < -0.3 is 9.47 Å². The van der Waals surface area contributed by atoms with Gasteiger partial charge in [-0.3, -0.25) is 14.3 Å². The lowest BCUT2D eigenvalue weighted by molar-refractivity contribution is -0.133. The average Bonchev–Trinajstić information content (AvgIpc) is 3.20. The molecule has 0 saturated carbocycles. The Morgan fingerprint density at radius 2 is 2.08 bits per heavy atom. The fourth-order valence-electron chi connectivity index (χ4n) is 4.26. The van der Waals surface area contributed by atoms with Crippen LogP contribution in [0.1, 0.15) is 48.1 Å². The van der Waals surface area contributed by atoms with Crippen LogP contribution in [0.25, 0.3) is 0 Å². The number of aromatic nitrogens is 4. The first-order valence-electron chi connectivity index (χ1n) is 9.41. The molecule has 4 heterocycles. The van der Waals surface area contributed by atoms with Crippen molar-refractivity contribution in [2.24, 2.45) is 0 Å². The minimum atomic E-state index is -0.153. The van der Waals surface area contributed by atoms with Gasteiger partial charge in [-0.1, -0.05) is 0 Å². The van der Waals surface area contributed by atoms with Gasteiger partial charge in [0, 0.05) is 49.4 Å². The predicted molar refractivity (Wildman–Crippen MR) is 97.1 cm³/mol. The van der Waals surface area contributed by atoms with Crippen molar-refractivity contribution in [3.63, 3.8) is 0 Å². The van der Waals surface area contributed by atoms with Crippen LogP contribution in [0.4, 0.5) is 0 Å².